The molecule has 2 rings (SSSR count). The molecule has 1 fully saturated rings. The molecular formula is C12H18N2O. The SMILES string of the molecule is CC(O)(c1ccccc1)N1CCNCC1. The fraction of sp³-hybridized carbons (Fsp3) is 0.500. The van der Waals surface area contributed by atoms with Crippen LogP contribution in [-0.4, -0.2) is 36.2 Å². The Morgan fingerprint density at radius 1 is 1.20 bits per heavy atom. The van der Waals surface area contributed by atoms with Gasteiger partial charge in [0, 0.05) is 26.2 Å². The molecule has 1 heterocycles. The van der Waals surface area contributed by atoms with E-state index in [1.165, 1.54) is 0 Å². The molecule has 15 heavy (non-hydrogen) atoms. The molecule has 1 aromatic carbocycles. The molecule has 1 atom stereocenters. The zero-order chi connectivity index (χ0) is 10.7. The summed E-state index contributed by atoms with van der Waals surface area (Å²) in [6.07, 6.45) is 0. The minimum Gasteiger partial charge on any atom is -0.372 e. The van der Waals surface area contributed by atoms with E-state index in [1.54, 1.807) is 0 Å². The van der Waals surface area contributed by atoms with Crippen molar-refractivity contribution < 1.29 is 5.11 Å². The number of piperazine rings is 1. The Morgan fingerprint density at radius 2 is 1.80 bits per heavy atom. The molecular weight excluding hydrogens is 188 g/mol. The van der Waals surface area contributed by atoms with Gasteiger partial charge in [0.2, 0.25) is 0 Å². The maximum absolute atomic E-state index is 10.5. The molecule has 1 aliphatic heterocycles. The van der Waals surface area contributed by atoms with Crippen LogP contribution in [0.3, 0.4) is 0 Å². The van der Waals surface area contributed by atoms with Crippen LogP contribution in [0.1, 0.15) is 12.5 Å². The Hall–Kier alpha value is -0.900. The number of aliphatic hydroxyl groups is 1. The standard InChI is InChI=1S/C12H18N2O/c1-12(15,11-5-3-2-4-6-11)14-9-7-13-8-10-14/h2-6,13,15H,7-10H2,1H3. The maximum Gasteiger partial charge on any atom is 0.141 e. The lowest BCUT2D eigenvalue weighted by Gasteiger charge is -2.39. The summed E-state index contributed by atoms with van der Waals surface area (Å²) in [7, 11) is 0. The van der Waals surface area contributed by atoms with Crippen LogP contribution in [0, 0.1) is 0 Å². The van der Waals surface area contributed by atoms with Gasteiger partial charge >= 0.3 is 0 Å². The van der Waals surface area contributed by atoms with Crippen molar-refractivity contribution in [3.63, 3.8) is 0 Å². The molecule has 0 radical (unpaired) electrons. The Kier molecular flexibility index (Phi) is 3.05. The number of nitrogens with zero attached hydrogens (tertiary/aromatic N) is 1. The average molecular weight is 206 g/mol. The predicted octanol–water partition coefficient (Wildman–Crippen LogP) is 0.757. The van der Waals surface area contributed by atoms with Crippen molar-refractivity contribution in [3.8, 4) is 0 Å². The van der Waals surface area contributed by atoms with Crippen molar-refractivity contribution in [1.29, 1.82) is 0 Å². The molecule has 1 aromatic rings. The van der Waals surface area contributed by atoms with Crippen molar-refractivity contribution in [2.24, 2.45) is 0 Å². The third-order valence-electron chi connectivity index (χ3n) is 3.05. The zero-order valence-electron chi connectivity index (χ0n) is 9.11. The molecule has 3 heteroatoms. The number of benzene rings is 1. The summed E-state index contributed by atoms with van der Waals surface area (Å²) < 4.78 is 0. The van der Waals surface area contributed by atoms with Crippen LogP contribution in [0.15, 0.2) is 30.3 Å². The fourth-order valence-corrected chi connectivity index (χ4v) is 2.04. The highest BCUT2D eigenvalue weighted by atomic mass is 16.3. The quantitative estimate of drug-likeness (QED) is 0.750. The predicted molar refractivity (Wildman–Crippen MR) is 60.5 cm³/mol. The normalized spacial score (nSPS) is 22.3. The maximum atomic E-state index is 10.5. The summed E-state index contributed by atoms with van der Waals surface area (Å²) in [4.78, 5) is 2.11. The minimum absolute atomic E-state index is 0.844. The monoisotopic (exact) mass is 206 g/mol. The van der Waals surface area contributed by atoms with E-state index in [4.69, 9.17) is 0 Å². The van der Waals surface area contributed by atoms with Crippen LogP contribution in [0.4, 0.5) is 0 Å². The molecule has 1 saturated heterocycles. The van der Waals surface area contributed by atoms with E-state index in [2.05, 4.69) is 10.2 Å². The second-order valence-electron chi connectivity index (χ2n) is 4.12. The summed E-state index contributed by atoms with van der Waals surface area (Å²) in [5.74, 6) is 0. The highest BCUT2D eigenvalue weighted by molar-refractivity contribution is 5.21. The summed E-state index contributed by atoms with van der Waals surface area (Å²) in [5, 5.41) is 13.8. The first-order chi connectivity index (χ1) is 7.21. The first-order valence-electron chi connectivity index (χ1n) is 5.45. The first kappa shape index (κ1) is 10.6. The second-order valence-corrected chi connectivity index (χ2v) is 4.12. The van der Waals surface area contributed by atoms with Gasteiger partial charge in [0.1, 0.15) is 5.72 Å². The first-order valence-corrected chi connectivity index (χ1v) is 5.45. The molecule has 0 amide bonds. The van der Waals surface area contributed by atoms with E-state index in [9.17, 15) is 5.11 Å². The molecule has 0 aromatic heterocycles. The van der Waals surface area contributed by atoms with Gasteiger partial charge < -0.3 is 10.4 Å². The summed E-state index contributed by atoms with van der Waals surface area (Å²) >= 11 is 0. The van der Waals surface area contributed by atoms with Crippen molar-refractivity contribution in [3.05, 3.63) is 35.9 Å². The molecule has 3 nitrogen and oxygen atoms in total. The lowest BCUT2D eigenvalue weighted by molar-refractivity contribution is -0.105. The fourth-order valence-electron chi connectivity index (χ4n) is 2.04. The van der Waals surface area contributed by atoms with Crippen molar-refractivity contribution in [2.45, 2.75) is 12.6 Å². The lowest BCUT2D eigenvalue weighted by Crippen LogP contribution is -2.53. The molecule has 0 bridgehead atoms. The topological polar surface area (TPSA) is 35.5 Å². The van der Waals surface area contributed by atoms with E-state index >= 15 is 0 Å². The second kappa shape index (κ2) is 4.31. The molecule has 0 saturated carbocycles. The van der Waals surface area contributed by atoms with Gasteiger partial charge in [-0.25, -0.2) is 0 Å². The Labute approximate surface area is 90.7 Å². The van der Waals surface area contributed by atoms with Gasteiger partial charge in [0.15, 0.2) is 0 Å². The summed E-state index contributed by atoms with van der Waals surface area (Å²) in [6, 6.07) is 9.85. The highest BCUT2D eigenvalue weighted by Gasteiger charge is 2.31. The van der Waals surface area contributed by atoms with E-state index < -0.39 is 5.72 Å². The van der Waals surface area contributed by atoms with Gasteiger partial charge in [-0.1, -0.05) is 30.3 Å². The van der Waals surface area contributed by atoms with Gasteiger partial charge in [-0.3, -0.25) is 4.90 Å². The van der Waals surface area contributed by atoms with Crippen LogP contribution in [0.25, 0.3) is 0 Å². The van der Waals surface area contributed by atoms with E-state index in [1.807, 2.05) is 37.3 Å². The third-order valence-corrected chi connectivity index (χ3v) is 3.05. The summed E-state index contributed by atoms with van der Waals surface area (Å²) in [6.45, 7) is 5.55. The Bertz CT molecular complexity index is 305. The van der Waals surface area contributed by atoms with Gasteiger partial charge in [0.25, 0.3) is 0 Å². The number of rotatable bonds is 2. The smallest absolute Gasteiger partial charge is 0.141 e. The zero-order valence-corrected chi connectivity index (χ0v) is 9.11. The van der Waals surface area contributed by atoms with E-state index in [0.29, 0.717) is 0 Å². The van der Waals surface area contributed by atoms with Gasteiger partial charge in [-0.2, -0.15) is 0 Å². The average Bonchev–Trinajstić information content (AvgIpc) is 2.31. The Morgan fingerprint density at radius 3 is 2.40 bits per heavy atom. The van der Waals surface area contributed by atoms with Crippen LogP contribution in [0.5, 0.6) is 0 Å². The van der Waals surface area contributed by atoms with Crippen molar-refractivity contribution in [2.75, 3.05) is 26.2 Å². The van der Waals surface area contributed by atoms with Crippen LogP contribution < -0.4 is 5.32 Å². The highest BCUT2D eigenvalue weighted by Crippen LogP contribution is 2.24. The number of hydrogen-bond acceptors (Lipinski definition) is 3. The van der Waals surface area contributed by atoms with Crippen molar-refractivity contribution >= 4 is 0 Å². The van der Waals surface area contributed by atoms with E-state index in [0.717, 1.165) is 31.7 Å². The van der Waals surface area contributed by atoms with Crippen molar-refractivity contribution in [1.82, 2.24) is 10.2 Å². The van der Waals surface area contributed by atoms with E-state index in [-0.39, 0.29) is 0 Å². The molecule has 0 aliphatic carbocycles. The van der Waals surface area contributed by atoms with Gasteiger partial charge in [0.05, 0.1) is 0 Å². The molecule has 82 valence electrons. The number of hydrogen-bond donors (Lipinski definition) is 2. The number of nitrogens with one attached hydrogen (secondary N) is 1. The Balaban J connectivity index is 2.18. The molecule has 1 unspecified atom stereocenters. The molecule has 1 aliphatic rings. The van der Waals surface area contributed by atoms with Crippen LogP contribution in [0.2, 0.25) is 0 Å². The molecule has 2 N–H and O–H groups in total. The van der Waals surface area contributed by atoms with Crippen LogP contribution >= 0.6 is 0 Å². The largest absolute Gasteiger partial charge is 0.372 e. The third kappa shape index (κ3) is 2.20. The molecule has 0 spiro atoms. The van der Waals surface area contributed by atoms with Gasteiger partial charge in [-0.15, -0.1) is 0 Å². The lowest BCUT2D eigenvalue weighted by atomic mass is 10.0. The minimum atomic E-state index is -0.844. The van der Waals surface area contributed by atoms with Gasteiger partial charge in [-0.05, 0) is 12.5 Å². The van der Waals surface area contributed by atoms with Crippen LogP contribution in [-0.2, 0) is 5.72 Å². The summed E-state index contributed by atoms with van der Waals surface area (Å²) in [5.41, 5.74) is 0.121.